The number of urea groups is 1. The lowest BCUT2D eigenvalue weighted by Gasteiger charge is -2.14. The molecule has 11 nitrogen and oxygen atoms in total. The average molecular weight is 376 g/mol. The topological polar surface area (TPSA) is 135 Å². The molecule has 1 atom stereocenters. The molecule has 24 heavy (non-hydrogen) atoms. The maximum Gasteiger partial charge on any atom is 0.367 e. The maximum absolute atomic E-state index is 12.0. The van der Waals surface area contributed by atoms with Crippen molar-refractivity contribution >= 4 is 33.8 Å². The van der Waals surface area contributed by atoms with E-state index in [0.717, 1.165) is 0 Å². The van der Waals surface area contributed by atoms with Crippen molar-refractivity contribution in [3.05, 3.63) is 6.07 Å². The zero-order valence-corrected chi connectivity index (χ0v) is 14.8. The van der Waals surface area contributed by atoms with Crippen LogP contribution in [0.25, 0.3) is 0 Å². The van der Waals surface area contributed by atoms with E-state index in [9.17, 15) is 13.2 Å². The molecule has 0 aromatic carbocycles. The largest absolute Gasteiger partial charge is 0.481 e. The van der Waals surface area contributed by atoms with Gasteiger partial charge in [0.25, 0.3) is 10.0 Å². The molecule has 1 saturated heterocycles. The zero-order chi connectivity index (χ0) is 17.7. The zero-order valence-electron chi connectivity index (χ0n) is 13.2. The number of nitrogens with one attached hydrogen (secondary N) is 1. The summed E-state index contributed by atoms with van der Waals surface area (Å²) in [4.78, 5) is 21.1. The van der Waals surface area contributed by atoms with Gasteiger partial charge >= 0.3 is 6.03 Å². The van der Waals surface area contributed by atoms with E-state index in [2.05, 4.69) is 24.9 Å². The van der Waals surface area contributed by atoms with E-state index in [1.54, 1.807) is 11.9 Å². The SMILES string of the molecule is COc1cc(OC)nc(NC(=O)N=NS(=O)(=O)C2SCCN2C)n1. The van der Waals surface area contributed by atoms with Gasteiger partial charge < -0.3 is 9.47 Å². The third-order valence-corrected chi connectivity index (χ3v) is 6.26. The second-order valence-corrected chi connectivity index (χ2v) is 7.69. The van der Waals surface area contributed by atoms with E-state index in [-0.39, 0.29) is 17.7 Å². The highest BCUT2D eigenvalue weighted by Crippen LogP contribution is 2.27. The van der Waals surface area contributed by atoms with Crippen LogP contribution in [0.1, 0.15) is 0 Å². The number of hydrogen-bond acceptors (Lipinski definition) is 9. The number of carbonyl (C=O) groups excluding carboxylic acids is 1. The monoisotopic (exact) mass is 376 g/mol. The number of ether oxygens (including phenoxy) is 2. The number of aromatic nitrogens is 2. The first-order chi connectivity index (χ1) is 11.4. The first kappa shape index (κ1) is 18.4. The molecule has 1 N–H and O–H groups in total. The van der Waals surface area contributed by atoms with Gasteiger partial charge in [-0.25, -0.2) is 13.2 Å². The van der Waals surface area contributed by atoms with Crippen molar-refractivity contribution in [2.24, 2.45) is 9.63 Å². The van der Waals surface area contributed by atoms with E-state index in [0.29, 0.717) is 12.3 Å². The molecule has 13 heteroatoms. The Kier molecular flexibility index (Phi) is 5.90. The van der Waals surface area contributed by atoms with Crippen LogP contribution in [0.2, 0.25) is 0 Å². The summed E-state index contributed by atoms with van der Waals surface area (Å²) in [5.74, 6) is 0.829. The van der Waals surface area contributed by atoms with Gasteiger partial charge in [0.15, 0.2) is 4.71 Å². The van der Waals surface area contributed by atoms with Crippen LogP contribution in [0.3, 0.4) is 0 Å². The molecule has 2 heterocycles. The minimum Gasteiger partial charge on any atom is -0.481 e. The van der Waals surface area contributed by atoms with Gasteiger partial charge in [-0.3, -0.25) is 10.2 Å². The molecule has 1 aliphatic heterocycles. The lowest BCUT2D eigenvalue weighted by Crippen LogP contribution is -2.30. The number of nitrogens with zero attached hydrogens (tertiary/aromatic N) is 5. The number of anilines is 1. The first-order valence-electron chi connectivity index (χ1n) is 6.62. The van der Waals surface area contributed by atoms with Gasteiger partial charge in [-0.1, -0.05) is 9.63 Å². The van der Waals surface area contributed by atoms with Crippen molar-refractivity contribution in [2.75, 3.05) is 38.9 Å². The summed E-state index contributed by atoms with van der Waals surface area (Å²) in [6, 6.07) is 0.383. The number of carbonyl (C=O) groups is 1. The third-order valence-electron chi connectivity index (χ3n) is 2.88. The predicted molar refractivity (Wildman–Crippen MR) is 86.8 cm³/mol. The van der Waals surface area contributed by atoms with E-state index in [4.69, 9.17) is 9.47 Å². The molecule has 1 fully saturated rings. The van der Waals surface area contributed by atoms with Crippen LogP contribution in [0.15, 0.2) is 15.7 Å². The second-order valence-electron chi connectivity index (χ2n) is 4.56. The molecule has 0 aliphatic carbocycles. The van der Waals surface area contributed by atoms with Crippen LogP contribution >= 0.6 is 11.8 Å². The normalized spacial score (nSPS) is 18.7. The minimum absolute atomic E-state index is 0.153. The van der Waals surface area contributed by atoms with Crippen LogP contribution < -0.4 is 14.8 Å². The van der Waals surface area contributed by atoms with Gasteiger partial charge in [-0.05, 0) is 7.05 Å². The summed E-state index contributed by atoms with van der Waals surface area (Å²) in [5, 5.41) is 5.37. The molecule has 1 aliphatic rings. The molecule has 0 saturated carbocycles. The van der Waals surface area contributed by atoms with Crippen molar-refractivity contribution in [1.82, 2.24) is 14.9 Å². The average Bonchev–Trinajstić information content (AvgIpc) is 2.99. The Labute approximate surface area is 142 Å². The van der Waals surface area contributed by atoms with Gasteiger partial charge in [0.05, 0.1) is 20.3 Å². The van der Waals surface area contributed by atoms with Crippen molar-refractivity contribution in [3.63, 3.8) is 0 Å². The molecule has 1 aromatic heterocycles. The Balaban J connectivity index is 2.07. The summed E-state index contributed by atoms with van der Waals surface area (Å²) in [7, 11) is 0.504. The molecule has 0 spiro atoms. The third kappa shape index (κ3) is 4.52. The van der Waals surface area contributed by atoms with Gasteiger partial charge in [0.2, 0.25) is 17.7 Å². The van der Waals surface area contributed by atoms with Gasteiger partial charge in [0.1, 0.15) is 0 Å². The Hall–Kier alpha value is -1.99. The summed E-state index contributed by atoms with van der Waals surface area (Å²) >= 11 is 1.22. The number of thioether (sulfide) groups is 1. The fourth-order valence-corrected chi connectivity index (χ4v) is 4.64. The van der Waals surface area contributed by atoms with Gasteiger partial charge in [-0.2, -0.15) is 9.97 Å². The fraction of sp³-hybridized carbons (Fsp3) is 0.545. The Morgan fingerprint density at radius 3 is 2.50 bits per heavy atom. The lowest BCUT2D eigenvalue weighted by molar-refractivity contribution is 0.258. The Bertz CT molecular complexity index is 718. The van der Waals surface area contributed by atoms with E-state index in [1.165, 1.54) is 32.0 Å². The quantitative estimate of drug-likeness (QED) is 0.739. The van der Waals surface area contributed by atoms with Crippen LogP contribution in [-0.2, 0) is 10.0 Å². The number of rotatable bonds is 5. The predicted octanol–water partition coefficient (Wildman–Crippen LogP) is 0.770. The highest BCUT2D eigenvalue weighted by molar-refractivity contribution is 8.13. The molecule has 0 radical (unpaired) electrons. The lowest BCUT2D eigenvalue weighted by atomic mass is 10.6. The van der Waals surface area contributed by atoms with Crippen LogP contribution in [-0.4, -0.2) is 67.6 Å². The van der Waals surface area contributed by atoms with E-state index in [1.807, 2.05) is 0 Å². The van der Waals surface area contributed by atoms with Crippen molar-refractivity contribution in [2.45, 2.75) is 4.71 Å². The highest BCUT2D eigenvalue weighted by Gasteiger charge is 2.34. The van der Waals surface area contributed by atoms with Crippen LogP contribution in [0.4, 0.5) is 10.7 Å². The molecular weight excluding hydrogens is 360 g/mol. The highest BCUT2D eigenvalue weighted by atomic mass is 32.3. The first-order valence-corrected chi connectivity index (χ1v) is 9.17. The number of hydrogen-bond donors (Lipinski definition) is 1. The molecule has 1 unspecified atom stereocenters. The molecule has 2 amide bonds. The van der Waals surface area contributed by atoms with E-state index < -0.39 is 20.8 Å². The molecule has 2 rings (SSSR count). The van der Waals surface area contributed by atoms with Crippen molar-refractivity contribution in [3.8, 4) is 11.8 Å². The van der Waals surface area contributed by atoms with Crippen LogP contribution in [0.5, 0.6) is 11.8 Å². The summed E-state index contributed by atoms with van der Waals surface area (Å²) in [6.07, 6.45) is 0. The molecular formula is C11H16N6O5S2. The Morgan fingerprint density at radius 2 is 2.00 bits per heavy atom. The summed E-state index contributed by atoms with van der Waals surface area (Å²) in [6.45, 7) is 0.619. The van der Waals surface area contributed by atoms with Gasteiger partial charge in [-0.15, -0.1) is 11.8 Å². The Morgan fingerprint density at radius 1 is 1.38 bits per heavy atom. The van der Waals surface area contributed by atoms with Crippen LogP contribution in [0, 0.1) is 0 Å². The molecule has 132 valence electrons. The smallest absolute Gasteiger partial charge is 0.367 e. The molecule has 1 aromatic rings. The van der Waals surface area contributed by atoms with Gasteiger partial charge in [0, 0.05) is 12.3 Å². The second kappa shape index (κ2) is 7.72. The maximum atomic E-state index is 12.0. The van der Waals surface area contributed by atoms with Crippen molar-refractivity contribution < 1.29 is 22.7 Å². The number of sulfonamides is 1. The van der Waals surface area contributed by atoms with Crippen molar-refractivity contribution in [1.29, 1.82) is 0 Å². The van der Waals surface area contributed by atoms with E-state index >= 15 is 0 Å². The standard InChI is InChI=1S/C11H16N6O5S2/c1-17-4-5-23-11(17)24(19,20)16-15-10(18)14-9-12-7(21-2)6-8(13-9)22-3/h6,11H,4-5H2,1-3H3,(H,12,13,14,18). The molecule has 0 bridgehead atoms. The number of amides is 2. The number of methoxy groups -OCH3 is 2. The summed E-state index contributed by atoms with van der Waals surface area (Å²) in [5.41, 5.74) is 0. The minimum atomic E-state index is -3.93. The summed E-state index contributed by atoms with van der Waals surface area (Å²) < 4.78 is 36.2. The fourth-order valence-electron chi connectivity index (χ4n) is 1.77.